The first-order valence-electron chi connectivity index (χ1n) is 8.56. The standard InChI is InChI=1S/C18H20ClNO/c1-20(2)14-8-13-9-17(19)18(21)11-16(13)15(10-14)12-6-4-3-5-7-12/h3-7,9,11,14-15,21H,8,10H2,1-2H3/t14-,15-/m0/s1/i1T3. The summed E-state index contributed by atoms with van der Waals surface area (Å²) >= 11 is 6.08. The van der Waals surface area contributed by atoms with Crippen molar-refractivity contribution in [2.45, 2.75) is 24.8 Å². The zero-order valence-electron chi connectivity index (χ0n) is 14.9. The van der Waals surface area contributed by atoms with Gasteiger partial charge in [0.05, 0.1) is 5.02 Å². The number of phenolic OH excluding ortho intramolecular Hbond substituents is 1. The molecule has 0 unspecified atom stereocenters. The Morgan fingerprint density at radius 1 is 1.29 bits per heavy atom. The molecule has 1 N–H and O–H groups in total. The number of benzene rings is 2. The molecule has 0 aliphatic heterocycles. The number of aromatic hydroxyl groups is 1. The van der Waals surface area contributed by atoms with Crippen molar-refractivity contribution in [3.05, 3.63) is 64.2 Å². The van der Waals surface area contributed by atoms with Gasteiger partial charge in [-0.1, -0.05) is 41.9 Å². The largest absolute Gasteiger partial charge is 0.506 e. The first-order chi connectivity index (χ1) is 11.3. The summed E-state index contributed by atoms with van der Waals surface area (Å²) in [5.74, 6) is 0.104. The SMILES string of the molecule is [3H]C([3H])([3H])N(C)[C@H]1Cc2cc(Cl)c(O)cc2[C@H](c2ccccc2)C1. The minimum atomic E-state index is -2.13. The molecule has 0 bridgehead atoms. The smallest absolute Gasteiger partial charge is 0.134 e. The van der Waals surface area contributed by atoms with E-state index in [2.05, 4.69) is 0 Å². The fourth-order valence-corrected chi connectivity index (χ4v) is 3.34. The fraction of sp³-hybridized carbons (Fsp3) is 0.333. The van der Waals surface area contributed by atoms with E-state index in [1.807, 2.05) is 30.3 Å². The second-order valence-electron chi connectivity index (χ2n) is 5.67. The highest BCUT2D eigenvalue weighted by atomic mass is 35.5. The Kier molecular flexibility index (Phi) is 3.02. The fourth-order valence-electron chi connectivity index (χ4n) is 3.15. The van der Waals surface area contributed by atoms with Gasteiger partial charge in [-0.15, -0.1) is 0 Å². The molecule has 2 aromatic rings. The first kappa shape index (κ1) is 11.1. The molecule has 1 aliphatic rings. The molecule has 1 aliphatic carbocycles. The van der Waals surface area contributed by atoms with Crippen molar-refractivity contribution < 1.29 is 9.22 Å². The lowest BCUT2D eigenvalue weighted by molar-refractivity contribution is 0.258. The molecule has 0 saturated carbocycles. The maximum absolute atomic E-state index is 10.0. The molecule has 2 nitrogen and oxygen atoms in total. The molecule has 2 aromatic carbocycles. The minimum Gasteiger partial charge on any atom is -0.506 e. The number of phenols is 1. The topological polar surface area (TPSA) is 23.5 Å². The van der Waals surface area contributed by atoms with Crippen LogP contribution in [0.3, 0.4) is 0 Å². The van der Waals surface area contributed by atoms with Crippen LogP contribution in [0.4, 0.5) is 0 Å². The summed E-state index contributed by atoms with van der Waals surface area (Å²) < 4.78 is 23.1. The molecular weight excluding hydrogens is 282 g/mol. The summed E-state index contributed by atoms with van der Waals surface area (Å²) in [5.41, 5.74) is 3.14. The van der Waals surface area contributed by atoms with Crippen LogP contribution in [0.5, 0.6) is 5.75 Å². The zero-order valence-corrected chi connectivity index (χ0v) is 12.6. The molecule has 0 saturated heterocycles. The normalized spacial score (nSPS) is 24.0. The van der Waals surface area contributed by atoms with Gasteiger partial charge in [-0.05, 0) is 55.7 Å². The maximum Gasteiger partial charge on any atom is 0.134 e. The lowest BCUT2D eigenvalue weighted by Gasteiger charge is -2.35. The highest BCUT2D eigenvalue weighted by Crippen LogP contribution is 2.41. The molecule has 0 fully saturated rings. The van der Waals surface area contributed by atoms with E-state index < -0.39 is 6.98 Å². The van der Waals surface area contributed by atoms with Crippen LogP contribution in [0.2, 0.25) is 5.02 Å². The number of nitrogens with zero attached hydrogens (tertiary/aromatic N) is 1. The van der Waals surface area contributed by atoms with Gasteiger partial charge >= 0.3 is 0 Å². The van der Waals surface area contributed by atoms with Crippen molar-refractivity contribution in [3.8, 4) is 5.75 Å². The van der Waals surface area contributed by atoms with E-state index in [1.54, 1.807) is 19.2 Å². The predicted octanol–water partition coefficient (Wildman–Crippen LogP) is 4.05. The molecule has 0 radical (unpaired) electrons. The van der Waals surface area contributed by atoms with Crippen LogP contribution in [0, 0.1) is 0 Å². The third kappa shape index (κ3) is 2.78. The summed E-state index contributed by atoms with van der Waals surface area (Å²) in [6.45, 7) is -2.13. The van der Waals surface area contributed by atoms with E-state index in [4.69, 9.17) is 15.7 Å². The number of halogens is 1. The average molecular weight is 308 g/mol. The molecule has 3 heteroatoms. The summed E-state index contributed by atoms with van der Waals surface area (Å²) in [5, 5.41) is 10.3. The Balaban J connectivity index is 2.06. The lowest BCUT2D eigenvalue weighted by atomic mass is 9.76. The van der Waals surface area contributed by atoms with Crippen molar-refractivity contribution in [3.63, 3.8) is 0 Å². The third-order valence-corrected chi connectivity index (χ3v) is 4.60. The summed E-state index contributed by atoms with van der Waals surface area (Å²) in [7, 11) is 1.65. The van der Waals surface area contributed by atoms with E-state index in [1.165, 1.54) is 4.90 Å². The third-order valence-electron chi connectivity index (χ3n) is 4.30. The average Bonchev–Trinajstić information content (AvgIpc) is 2.54. The van der Waals surface area contributed by atoms with Crippen LogP contribution < -0.4 is 0 Å². The van der Waals surface area contributed by atoms with Crippen LogP contribution in [0.1, 0.15) is 33.1 Å². The van der Waals surface area contributed by atoms with Crippen molar-refractivity contribution in [1.82, 2.24) is 4.90 Å². The van der Waals surface area contributed by atoms with Crippen molar-refractivity contribution in [1.29, 1.82) is 0 Å². The molecule has 0 amide bonds. The Bertz CT molecular complexity index is 733. The number of likely N-dealkylation sites (N-methyl/N-ethyl adjacent to an activating group) is 1. The van der Waals surface area contributed by atoms with Gasteiger partial charge in [-0.2, -0.15) is 0 Å². The van der Waals surface area contributed by atoms with Gasteiger partial charge in [0, 0.05) is 16.1 Å². The predicted molar refractivity (Wildman–Crippen MR) is 87.2 cm³/mol. The number of hydrogen-bond donors (Lipinski definition) is 1. The Morgan fingerprint density at radius 2 is 2.05 bits per heavy atom. The van der Waals surface area contributed by atoms with Crippen LogP contribution in [-0.2, 0) is 6.42 Å². The van der Waals surface area contributed by atoms with Crippen LogP contribution in [0.15, 0.2) is 42.5 Å². The number of hydrogen-bond acceptors (Lipinski definition) is 2. The molecule has 0 aromatic heterocycles. The van der Waals surface area contributed by atoms with E-state index in [-0.39, 0.29) is 17.7 Å². The quantitative estimate of drug-likeness (QED) is 0.904. The molecule has 0 heterocycles. The van der Waals surface area contributed by atoms with Gasteiger partial charge < -0.3 is 10.0 Å². The molecule has 21 heavy (non-hydrogen) atoms. The number of fused-ring (bicyclic) bond motifs is 1. The monoisotopic (exact) mass is 307 g/mol. The summed E-state index contributed by atoms with van der Waals surface area (Å²) in [6, 6.07) is 13.4. The van der Waals surface area contributed by atoms with E-state index in [0.717, 1.165) is 16.7 Å². The van der Waals surface area contributed by atoms with Crippen molar-refractivity contribution in [2.24, 2.45) is 0 Å². The van der Waals surface area contributed by atoms with Crippen molar-refractivity contribution in [2.75, 3.05) is 14.0 Å². The van der Waals surface area contributed by atoms with Gasteiger partial charge in [-0.25, -0.2) is 0 Å². The lowest BCUT2D eigenvalue weighted by Crippen LogP contribution is -2.35. The van der Waals surface area contributed by atoms with Gasteiger partial charge in [0.15, 0.2) is 0 Å². The van der Waals surface area contributed by atoms with Crippen molar-refractivity contribution >= 4 is 11.6 Å². The summed E-state index contributed by atoms with van der Waals surface area (Å²) in [6.07, 6.45) is 1.29. The molecule has 0 spiro atoms. The van der Waals surface area contributed by atoms with Gasteiger partial charge in [-0.3, -0.25) is 0 Å². The van der Waals surface area contributed by atoms with Crippen LogP contribution in [-0.4, -0.2) is 30.1 Å². The highest BCUT2D eigenvalue weighted by Gasteiger charge is 2.30. The maximum atomic E-state index is 10.0. The van der Waals surface area contributed by atoms with Gasteiger partial charge in [0.25, 0.3) is 0 Å². The van der Waals surface area contributed by atoms with Gasteiger partial charge in [0.2, 0.25) is 0 Å². The van der Waals surface area contributed by atoms with E-state index >= 15 is 0 Å². The second-order valence-corrected chi connectivity index (χ2v) is 6.08. The second kappa shape index (κ2) is 5.70. The Hall–Kier alpha value is -1.51. The summed E-state index contributed by atoms with van der Waals surface area (Å²) in [4.78, 5) is 1.46. The van der Waals surface area contributed by atoms with Crippen LogP contribution in [0.25, 0.3) is 0 Å². The number of rotatable bonds is 2. The molecule has 3 rings (SSSR count). The Labute approximate surface area is 135 Å². The molecule has 2 atom stereocenters. The van der Waals surface area contributed by atoms with E-state index in [9.17, 15) is 5.11 Å². The van der Waals surface area contributed by atoms with Gasteiger partial charge in [0.1, 0.15) is 5.75 Å². The first-order valence-corrected chi connectivity index (χ1v) is 7.44. The molecular formula is C18H20ClNO. The zero-order chi connectivity index (χ0) is 17.5. The highest BCUT2D eigenvalue weighted by molar-refractivity contribution is 6.32. The van der Waals surface area contributed by atoms with E-state index in [0.29, 0.717) is 17.9 Å². The van der Waals surface area contributed by atoms with Crippen LogP contribution >= 0.6 is 11.6 Å². The Morgan fingerprint density at radius 3 is 2.76 bits per heavy atom. The molecule has 110 valence electrons. The minimum absolute atomic E-state index is 0.0351.